The number of benzene rings is 2. The first kappa shape index (κ1) is 18.7. The minimum absolute atomic E-state index is 0.207. The number of hydrogen-bond donors (Lipinski definition) is 0. The van der Waals surface area contributed by atoms with Crippen LogP contribution in [0.2, 0.25) is 0 Å². The van der Waals surface area contributed by atoms with Crippen LogP contribution in [0.1, 0.15) is 21.7 Å². The molecule has 146 valence electrons. The van der Waals surface area contributed by atoms with Crippen LogP contribution in [0.4, 0.5) is 0 Å². The van der Waals surface area contributed by atoms with Crippen LogP contribution < -0.4 is 0 Å². The largest absolute Gasteiger partial charge is 0.451 e. The van der Waals surface area contributed by atoms with Crippen molar-refractivity contribution < 1.29 is 17.6 Å². The molecular weight excluding hydrogens is 376 g/mol. The highest BCUT2D eigenvalue weighted by atomic mass is 32.2. The van der Waals surface area contributed by atoms with E-state index in [9.17, 15) is 13.2 Å². The quantitative estimate of drug-likeness (QED) is 0.679. The lowest BCUT2D eigenvalue weighted by Gasteiger charge is -2.33. The fourth-order valence-corrected chi connectivity index (χ4v) is 4.84. The molecule has 0 atom stereocenters. The van der Waals surface area contributed by atoms with Crippen molar-refractivity contribution in [1.82, 2.24) is 9.21 Å². The molecule has 1 saturated heterocycles. The number of sulfonamides is 1. The number of rotatable bonds is 3. The van der Waals surface area contributed by atoms with Gasteiger partial charge in [0.1, 0.15) is 5.58 Å². The molecule has 0 bridgehead atoms. The zero-order valence-electron chi connectivity index (χ0n) is 15.9. The van der Waals surface area contributed by atoms with E-state index >= 15 is 0 Å². The number of amides is 1. The summed E-state index contributed by atoms with van der Waals surface area (Å²) in [5, 5.41) is 0.893. The molecule has 0 spiro atoms. The summed E-state index contributed by atoms with van der Waals surface area (Å²) in [6.45, 7) is 5.10. The van der Waals surface area contributed by atoms with E-state index in [0.717, 1.165) is 16.5 Å². The molecule has 6 nitrogen and oxygen atoms in total. The van der Waals surface area contributed by atoms with Crippen molar-refractivity contribution in [2.24, 2.45) is 0 Å². The second-order valence-electron chi connectivity index (χ2n) is 7.16. The van der Waals surface area contributed by atoms with Crippen molar-refractivity contribution in [1.29, 1.82) is 0 Å². The summed E-state index contributed by atoms with van der Waals surface area (Å²) in [7, 11) is -3.55. The molecule has 0 saturated carbocycles. The van der Waals surface area contributed by atoms with Crippen LogP contribution in [0.3, 0.4) is 0 Å². The van der Waals surface area contributed by atoms with Crippen LogP contribution in [0, 0.1) is 13.8 Å². The lowest BCUT2D eigenvalue weighted by molar-refractivity contribution is 0.0668. The third kappa shape index (κ3) is 3.43. The molecule has 1 fully saturated rings. The minimum Gasteiger partial charge on any atom is -0.451 e. The number of carbonyl (C=O) groups excluding carboxylic acids is 1. The summed E-state index contributed by atoms with van der Waals surface area (Å²) in [6.07, 6.45) is 0. The van der Waals surface area contributed by atoms with Gasteiger partial charge in [0.05, 0.1) is 4.90 Å². The third-order valence-corrected chi connectivity index (χ3v) is 6.98. The summed E-state index contributed by atoms with van der Waals surface area (Å²) in [4.78, 5) is 14.7. The number of aryl methyl sites for hydroxylation is 2. The fourth-order valence-electron chi connectivity index (χ4n) is 3.41. The molecule has 28 heavy (non-hydrogen) atoms. The predicted molar refractivity (Wildman–Crippen MR) is 107 cm³/mol. The molecule has 0 N–H and O–H groups in total. The Morgan fingerprint density at radius 1 is 0.893 bits per heavy atom. The van der Waals surface area contributed by atoms with Gasteiger partial charge in [-0.1, -0.05) is 29.3 Å². The molecule has 3 aromatic rings. The van der Waals surface area contributed by atoms with Gasteiger partial charge < -0.3 is 9.32 Å². The molecule has 1 aliphatic heterocycles. The van der Waals surface area contributed by atoms with Gasteiger partial charge in [0, 0.05) is 31.6 Å². The van der Waals surface area contributed by atoms with Gasteiger partial charge in [0.2, 0.25) is 10.0 Å². The maximum Gasteiger partial charge on any atom is 0.289 e. The molecule has 0 unspecified atom stereocenters. The van der Waals surface area contributed by atoms with Crippen LogP contribution in [0.15, 0.2) is 57.8 Å². The minimum atomic E-state index is -3.55. The first-order valence-electron chi connectivity index (χ1n) is 9.21. The number of piperazine rings is 1. The number of carbonyl (C=O) groups is 1. The molecular formula is C21H22N2O4S. The Bertz CT molecular complexity index is 1120. The second kappa shape index (κ2) is 7.07. The normalized spacial score (nSPS) is 15.9. The Morgan fingerprint density at radius 3 is 2.21 bits per heavy atom. The van der Waals surface area contributed by atoms with E-state index in [1.165, 1.54) is 4.31 Å². The average Bonchev–Trinajstić information content (AvgIpc) is 3.11. The average molecular weight is 398 g/mol. The van der Waals surface area contributed by atoms with Gasteiger partial charge in [0.25, 0.3) is 5.91 Å². The third-order valence-electron chi connectivity index (χ3n) is 5.07. The SMILES string of the molecule is Cc1ccc(S(=O)(=O)N2CCN(C(=O)c3cc4cc(C)ccc4o3)CC2)cc1. The zero-order valence-corrected chi connectivity index (χ0v) is 16.7. The molecule has 7 heteroatoms. The zero-order chi connectivity index (χ0) is 19.9. The predicted octanol–water partition coefficient (Wildman–Crippen LogP) is 3.20. The van der Waals surface area contributed by atoms with Crippen molar-refractivity contribution in [3.8, 4) is 0 Å². The van der Waals surface area contributed by atoms with E-state index in [2.05, 4.69) is 0 Å². The van der Waals surface area contributed by atoms with Gasteiger partial charge in [0.15, 0.2) is 5.76 Å². The summed E-state index contributed by atoms with van der Waals surface area (Å²) < 4.78 is 32.7. The molecule has 4 rings (SSSR count). The fraction of sp³-hybridized carbons (Fsp3) is 0.286. The van der Waals surface area contributed by atoms with E-state index in [-0.39, 0.29) is 29.7 Å². The molecule has 2 aromatic carbocycles. The summed E-state index contributed by atoms with van der Waals surface area (Å²) in [6, 6.07) is 14.3. The highest BCUT2D eigenvalue weighted by Gasteiger charge is 2.31. The first-order chi connectivity index (χ1) is 13.3. The van der Waals surface area contributed by atoms with Crippen molar-refractivity contribution in [2.75, 3.05) is 26.2 Å². The lowest BCUT2D eigenvalue weighted by Crippen LogP contribution is -2.50. The number of hydrogen-bond acceptors (Lipinski definition) is 4. The van der Waals surface area contributed by atoms with Crippen LogP contribution in [-0.2, 0) is 10.0 Å². The van der Waals surface area contributed by atoms with Crippen molar-refractivity contribution in [3.63, 3.8) is 0 Å². The molecule has 2 heterocycles. The molecule has 1 aliphatic rings. The van der Waals surface area contributed by atoms with E-state index in [4.69, 9.17) is 4.42 Å². The van der Waals surface area contributed by atoms with Crippen LogP contribution >= 0.6 is 0 Å². The molecule has 1 amide bonds. The topological polar surface area (TPSA) is 70.8 Å². The van der Waals surface area contributed by atoms with Crippen LogP contribution in [-0.4, -0.2) is 49.7 Å². The van der Waals surface area contributed by atoms with E-state index in [1.807, 2.05) is 32.0 Å². The Labute approximate surface area is 164 Å². The number of fused-ring (bicyclic) bond motifs is 1. The van der Waals surface area contributed by atoms with Gasteiger partial charge in [-0.05, 0) is 44.2 Å². The van der Waals surface area contributed by atoms with E-state index in [0.29, 0.717) is 18.7 Å². The lowest BCUT2D eigenvalue weighted by atomic mass is 10.2. The molecule has 1 aromatic heterocycles. The standard InChI is InChI=1S/C21H22N2O4S/c1-15-3-6-18(7-4-15)28(25,26)23-11-9-22(10-12-23)21(24)20-14-17-13-16(2)5-8-19(17)27-20/h3-8,13-14H,9-12H2,1-2H3. The van der Waals surface area contributed by atoms with Crippen LogP contribution in [0.5, 0.6) is 0 Å². The second-order valence-corrected chi connectivity index (χ2v) is 9.10. The van der Waals surface area contributed by atoms with Crippen molar-refractivity contribution in [2.45, 2.75) is 18.7 Å². The van der Waals surface area contributed by atoms with Gasteiger partial charge >= 0.3 is 0 Å². The highest BCUT2D eigenvalue weighted by Crippen LogP contribution is 2.23. The van der Waals surface area contributed by atoms with Crippen molar-refractivity contribution in [3.05, 3.63) is 65.4 Å². The number of furan rings is 1. The Kier molecular flexibility index (Phi) is 4.72. The van der Waals surface area contributed by atoms with E-state index in [1.54, 1.807) is 35.2 Å². The monoisotopic (exact) mass is 398 g/mol. The smallest absolute Gasteiger partial charge is 0.289 e. The molecule has 0 radical (unpaired) electrons. The Morgan fingerprint density at radius 2 is 1.54 bits per heavy atom. The Hall–Kier alpha value is -2.64. The van der Waals surface area contributed by atoms with Gasteiger partial charge in [-0.15, -0.1) is 0 Å². The summed E-state index contributed by atoms with van der Waals surface area (Å²) in [5.41, 5.74) is 2.78. The maximum absolute atomic E-state index is 12.8. The van der Waals surface area contributed by atoms with Crippen molar-refractivity contribution >= 4 is 26.9 Å². The highest BCUT2D eigenvalue weighted by molar-refractivity contribution is 7.89. The van der Waals surface area contributed by atoms with E-state index < -0.39 is 10.0 Å². The van der Waals surface area contributed by atoms with Gasteiger partial charge in [-0.25, -0.2) is 8.42 Å². The van der Waals surface area contributed by atoms with Gasteiger partial charge in [-0.2, -0.15) is 4.31 Å². The number of nitrogens with zero attached hydrogens (tertiary/aromatic N) is 2. The summed E-state index contributed by atoms with van der Waals surface area (Å²) in [5.74, 6) is 0.0803. The first-order valence-corrected chi connectivity index (χ1v) is 10.6. The van der Waals surface area contributed by atoms with Gasteiger partial charge in [-0.3, -0.25) is 4.79 Å². The Balaban J connectivity index is 1.47. The molecule has 0 aliphatic carbocycles. The summed E-state index contributed by atoms with van der Waals surface area (Å²) >= 11 is 0. The maximum atomic E-state index is 12.8. The van der Waals surface area contributed by atoms with Crippen LogP contribution in [0.25, 0.3) is 11.0 Å².